The first-order valence-corrected chi connectivity index (χ1v) is 16.7. The highest BCUT2D eigenvalue weighted by Gasteiger charge is 2.23. The van der Waals surface area contributed by atoms with Gasteiger partial charge in [0, 0.05) is 19.6 Å². The molecule has 1 amide bonds. The number of ether oxygens (including phenoxy) is 1. The summed E-state index contributed by atoms with van der Waals surface area (Å²) in [5.74, 6) is -0.941. The zero-order chi connectivity index (χ0) is 33.4. The average Bonchev–Trinajstić information content (AvgIpc) is 3.07. The summed E-state index contributed by atoms with van der Waals surface area (Å²) in [5, 5.41) is 10.9. The Morgan fingerprint density at radius 2 is 1.49 bits per heavy atom. The van der Waals surface area contributed by atoms with Gasteiger partial charge in [0.15, 0.2) is 0 Å². The lowest BCUT2D eigenvalue weighted by Crippen LogP contribution is -2.30. The van der Waals surface area contributed by atoms with E-state index in [0.29, 0.717) is 30.6 Å². The van der Waals surface area contributed by atoms with Gasteiger partial charge >= 0.3 is 0 Å². The fraction of sp³-hybridized carbons (Fsp3) is 0.184. The molecule has 9 heteroatoms. The van der Waals surface area contributed by atoms with Crippen molar-refractivity contribution in [1.29, 1.82) is 0 Å². The number of carbonyl (C=O) groups excluding carboxylic acids is 1. The summed E-state index contributed by atoms with van der Waals surface area (Å²) in [6.45, 7) is 3.31. The van der Waals surface area contributed by atoms with Crippen molar-refractivity contribution in [2.45, 2.75) is 42.4 Å². The molecule has 0 aliphatic carbocycles. The van der Waals surface area contributed by atoms with Crippen LogP contribution >= 0.6 is 0 Å². The van der Waals surface area contributed by atoms with E-state index in [1.807, 2.05) is 60.7 Å². The van der Waals surface area contributed by atoms with Crippen molar-refractivity contribution >= 4 is 15.7 Å². The van der Waals surface area contributed by atoms with E-state index in [1.165, 1.54) is 24.3 Å². The Morgan fingerprint density at radius 1 is 0.830 bits per heavy atom. The van der Waals surface area contributed by atoms with Gasteiger partial charge < -0.3 is 15.6 Å². The Kier molecular flexibility index (Phi) is 10.8. The maximum absolute atomic E-state index is 13.8. The predicted octanol–water partition coefficient (Wildman–Crippen LogP) is 6.42. The first kappa shape index (κ1) is 33.5. The number of hydrogen-bond donors (Lipinski definition) is 2. The van der Waals surface area contributed by atoms with Crippen molar-refractivity contribution in [2.24, 2.45) is 5.73 Å². The Morgan fingerprint density at radius 3 is 2.13 bits per heavy atom. The van der Waals surface area contributed by atoms with Gasteiger partial charge in [-0.05, 0) is 77.6 Å². The summed E-state index contributed by atoms with van der Waals surface area (Å²) >= 11 is 0. The number of nitrogens with zero attached hydrogens (tertiary/aromatic N) is 1. The van der Waals surface area contributed by atoms with Gasteiger partial charge in [-0.15, -0.1) is 0 Å². The number of halogens is 1. The molecule has 0 aliphatic rings. The molecule has 0 unspecified atom stereocenters. The molecular weight excluding hydrogens is 615 g/mol. The fourth-order valence-electron chi connectivity index (χ4n) is 5.40. The van der Waals surface area contributed by atoms with Crippen molar-refractivity contribution in [2.75, 3.05) is 13.1 Å². The van der Waals surface area contributed by atoms with Crippen LogP contribution in [0.1, 0.15) is 44.3 Å². The lowest BCUT2D eigenvalue weighted by atomic mass is 10.1. The number of amides is 1. The van der Waals surface area contributed by atoms with Crippen molar-refractivity contribution in [3.63, 3.8) is 0 Å². The highest BCUT2D eigenvalue weighted by atomic mass is 32.2. The van der Waals surface area contributed by atoms with Crippen molar-refractivity contribution in [3.05, 3.63) is 161 Å². The molecule has 0 heterocycles. The monoisotopic (exact) mass is 652 g/mol. The molecule has 1 atom stereocenters. The van der Waals surface area contributed by atoms with Crippen molar-refractivity contribution in [3.8, 4) is 5.75 Å². The molecule has 0 aromatic heterocycles. The van der Waals surface area contributed by atoms with Gasteiger partial charge in [-0.2, -0.15) is 0 Å². The zero-order valence-electron chi connectivity index (χ0n) is 26.1. The highest BCUT2D eigenvalue weighted by molar-refractivity contribution is 7.91. The largest absolute Gasteiger partial charge is 0.488 e. The van der Waals surface area contributed by atoms with E-state index in [-0.39, 0.29) is 34.3 Å². The fourth-order valence-corrected chi connectivity index (χ4v) is 6.77. The van der Waals surface area contributed by atoms with Crippen LogP contribution in [0.15, 0.2) is 131 Å². The van der Waals surface area contributed by atoms with Crippen LogP contribution < -0.4 is 10.5 Å². The van der Waals surface area contributed by atoms with Gasteiger partial charge in [0.1, 0.15) is 18.2 Å². The second-order valence-electron chi connectivity index (χ2n) is 11.4. The van der Waals surface area contributed by atoms with Crippen molar-refractivity contribution < 1.29 is 27.4 Å². The molecule has 7 nitrogen and oxygen atoms in total. The third kappa shape index (κ3) is 8.71. The molecule has 47 heavy (non-hydrogen) atoms. The Hall–Kier alpha value is -4.83. The number of aliphatic hydroxyl groups excluding tert-OH is 1. The van der Waals surface area contributed by atoms with Gasteiger partial charge in [-0.1, -0.05) is 84.9 Å². The van der Waals surface area contributed by atoms with Crippen molar-refractivity contribution in [1.82, 2.24) is 4.90 Å². The van der Waals surface area contributed by atoms with Crippen LogP contribution in [0.25, 0.3) is 0 Å². The van der Waals surface area contributed by atoms with Crippen LogP contribution in [0.3, 0.4) is 0 Å². The molecular formula is C38H37FN2O5S. The number of sulfone groups is 1. The first-order valence-electron chi connectivity index (χ1n) is 15.2. The van der Waals surface area contributed by atoms with Gasteiger partial charge in [0.05, 0.1) is 21.5 Å². The lowest BCUT2D eigenvalue weighted by molar-refractivity contribution is 0.0995. The minimum absolute atomic E-state index is 0.00457. The van der Waals surface area contributed by atoms with Gasteiger partial charge in [0.2, 0.25) is 9.84 Å². The molecule has 0 bridgehead atoms. The van der Waals surface area contributed by atoms with E-state index in [2.05, 4.69) is 4.90 Å². The molecule has 5 aromatic rings. The Balaban J connectivity index is 1.30. The van der Waals surface area contributed by atoms with Gasteiger partial charge in [0.25, 0.3) is 5.91 Å². The smallest absolute Gasteiger partial charge is 0.252 e. The summed E-state index contributed by atoms with van der Waals surface area (Å²) in [4.78, 5) is 14.5. The number of aliphatic hydroxyl groups is 1. The zero-order valence-corrected chi connectivity index (χ0v) is 26.9. The maximum Gasteiger partial charge on any atom is 0.252 e. The summed E-state index contributed by atoms with van der Waals surface area (Å²) in [6, 6.07) is 34.6. The highest BCUT2D eigenvalue weighted by Crippen LogP contribution is 2.31. The molecule has 0 fully saturated rings. The second kappa shape index (κ2) is 15.2. The predicted molar refractivity (Wildman–Crippen MR) is 179 cm³/mol. The van der Waals surface area contributed by atoms with Gasteiger partial charge in [-0.25, -0.2) is 12.8 Å². The lowest BCUT2D eigenvalue weighted by Gasteiger charge is -2.25. The Bertz CT molecular complexity index is 1920. The number of aryl methyl sites for hydroxylation is 1. The van der Waals surface area contributed by atoms with Crippen LogP contribution in [0, 0.1) is 12.7 Å². The minimum atomic E-state index is -3.98. The van der Waals surface area contributed by atoms with E-state index in [1.54, 1.807) is 43.3 Å². The SMILES string of the molecule is Cc1cc(S(=O)(=O)c2ccc(CCN(Cc3ccccc3)C[C@@H](O)c3cccc(F)c3)cc2)cc(C(N)=O)c1OCc1ccccc1. The van der Waals surface area contributed by atoms with Crippen LogP contribution in [-0.2, 0) is 29.4 Å². The summed E-state index contributed by atoms with van der Waals surface area (Å²) < 4.78 is 47.0. The maximum atomic E-state index is 13.8. The summed E-state index contributed by atoms with van der Waals surface area (Å²) in [5.41, 5.74) is 9.49. The molecule has 0 aliphatic heterocycles. The summed E-state index contributed by atoms with van der Waals surface area (Å²) in [7, 11) is -3.98. The standard InChI is InChI=1S/C38H37FN2O5S/c1-27-21-34(23-35(38(40)43)37(27)46-26-30-11-6-3-7-12-30)47(44,45)33-17-15-28(16-18-33)19-20-41(24-29-9-4-2-5-10-29)25-36(42)31-13-8-14-32(39)22-31/h2-18,21-23,36,42H,19-20,24-26H2,1H3,(H2,40,43)/t36-/m1/s1. The van der Waals surface area contributed by atoms with Gasteiger partial charge in [-0.3, -0.25) is 9.69 Å². The van der Waals surface area contributed by atoms with E-state index < -0.39 is 27.7 Å². The molecule has 3 N–H and O–H groups in total. The second-order valence-corrected chi connectivity index (χ2v) is 13.4. The molecule has 5 rings (SSSR count). The van der Waals surface area contributed by atoms with E-state index in [4.69, 9.17) is 10.5 Å². The van der Waals surface area contributed by atoms with Crippen LogP contribution in [0.4, 0.5) is 4.39 Å². The van der Waals surface area contributed by atoms with Crippen LogP contribution in [-0.4, -0.2) is 37.4 Å². The number of rotatable bonds is 14. The van der Waals surface area contributed by atoms with Crippen LogP contribution in [0.2, 0.25) is 0 Å². The van der Waals surface area contributed by atoms with E-state index >= 15 is 0 Å². The molecule has 0 saturated carbocycles. The number of carbonyl (C=O) groups is 1. The number of hydrogen-bond acceptors (Lipinski definition) is 6. The van der Waals surface area contributed by atoms with Crippen LogP contribution in [0.5, 0.6) is 5.75 Å². The Labute approximate surface area is 275 Å². The summed E-state index contributed by atoms with van der Waals surface area (Å²) in [6.07, 6.45) is -0.299. The molecule has 0 radical (unpaired) electrons. The third-order valence-corrected chi connectivity index (χ3v) is 9.66. The topological polar surface area (TPSA) is 110 Å². The number of primary amides is 1. The molecule has 242 valence electrons. The minimum Gasteiger partial charge on any atom is -0.488 e. The van der Waals surface area contributed by atoms with E-state index in [9.17, 15) is 22.7 Å². The molecule has 0 spiro atoms. The quantitative estimate of drug-likeness (QED) is 0.143. The first-order chi connectivity index (χ1) is 22.6. The average molecular weight is 653 g/mol. The number of nitrogens with two attached hydrogens (primary N) is 1. The molecule has 5 aromatic carbocycles. The van der Waals surface area contributed by atoms with E-state index in [0.717, 1.165) is 16.7 Å². The normalized spacial score (nSPS) is 12.2. The molecule has 0 saturated heterocycles. The third-order valence-electron chi connectivity index (χ3n) is 7.91. The number of benzene rings is 5.